The van der Waals surface area contributed by atoms with Crippen molar-refractivity contribution in [3.8, 4) is 0 Å². The van der Waals surface area contributed by atoms with Crippen molar-refractivity contribution in [1.82, 2.24) is 4.90 Å². The number of hydrogen-bond acceptors (Lipinski definition) is 2. The van der Waals surface area contributed by atoms with E-state index in [0.717, 1.165) is 31.5 Å². The molecule has 2 unspecified atom stereocenters. The van der Waals surface area contributed by atoms with Crippen molar-refractivity contribution in [2.45, 2.75) is 78.4 Å². The second kappa shape index (κ2) is 8.69. The van der Waals surface area contributed by atoms with Crippen LogP contribution in [-0.2, 0) is 5.41 Å². The first-order valence-corrected chi connectivity index (χ1v) is 8.87. The summed E-state index contributed by atoms with van der Waals surface area (Å²) in [5, 5.41) is 10.9. The Kier molecular flexibility index (Phi) is 7.58. The number of unbranched alkanes of at least 4 members (excludes halogenated alkanes) is 1. The summed E-state index contributed by atoms with van der Waals surface area (Å²) >= 11 is 0. The molecule has 22 heavy (non-hydrogen) atoms. The smallest absolute Gasteiger partial charge is 0.0945 e. The number of nitrogens with zero attached hydrogens (tertiary/aromatic N) is 1. The van der Waals surface area contributed by atoms with Crippen LogP contribution < -0.4 is 0 Å². The summed E-state index contributed by atoms with van der Waals surface area (Å²) in [6.07, 6.45) is 2.99. The molecule has 1 aromatic carbocycles. The summed E-state index contributed by atoms with van der Waals surface area (Å²) in [5.74, 6) is 0. The lowest BCUT2D eigenvalue weighted by Gasteiger charge is -2.34. The second-order valence-corrected chi connectivity index (χ2v) is 7.25. The van der Waals surface area contributed by atoms with Gasteiger partial charge in [0.05, 0.1) is 6.10 Å². The molecule has 0 fully saturated rings. The number of aliphatic hydroxyl groups is 1. The highest BCUT2D eigenvalue weighted by atomic mass is 16.3. The van der Waals surface area contributed by atoms with E-state index < -0.39 is 6.10 Å². The van der Waals surface area contributed by atoms with Gasteiger partial charge in [-0.3, -0.25) is 4.90 Å². The quantitative estimate of drug-likeness (QED) is 0.737. The van der Waals surface area contributed by atoms with Gasteiger partial charge in [-0.1, -0.05) is 78.6 Å². The third kappa shape index (κ3) is 5.10. The summed E-state index contributed by atoms with van der Waals surface area (Å²) < 4.78 is 0. The fraction of sp³-hybridized carbons (Fsp3) is 0.700. The molecular formula is C20H35NO. The van der Waals surface area contributed by atoms with Gasteiger partial charge in [-0.25, -0.2) is 0 Å². The highest BCUT2D eigenvalue weighted by molar-refractivity contribution is 5.29. The van der Waals surface area contributed by atoms with Crippen LogP contribution in [0.25, 0.3) is 0 Å². The maximum atomic E-state index is 10.9. The van der Waals surface area contributed by atoms with E-state index in [9.17, 15) is 5.11 Å². The molecule has 0 spiro atoms. The van der Waals surface area contributed by atoms with Gasteiger partial charge in [0.25, 0.3) is 0 Å². The number of rotatable bonds is 8. The average molecular weight is 306 g/mol. The van der Waals surface area contributed by atoms with Crippen molar-refractivity contribution in [2.75, 3.05) is 13.1 Å². The minimum Gasteiger partial charge on any atom is -0.387 e. The van der Waals surface area contributed by atoms with Crippen molar-refractivity contribution in [1.29, 1.82) is 0 Å². The van der Waals surface area contributed by atoms with Gasteiger partial charge in [0.2, 0.25) is 0 Å². The van der Waals surface area contributed by atoms with E-state index in [2.05, 4.69) is 70.7 Å². The summed E-state index contributed by atoms with van der Waals surface area (Å²) in [6.45, 7) is 15.2. The largest absolute Gasteiger partial charge is 0.387 e. The summed E-state index contributed by atoms with van der Waals surface area (Å²) in [6, 6.07) is 8.76. The predicted octanol–water partition coefficient (Wildman–Crippen LogP) is 4.92. The zero-order valence-corrected chi connectivity index (χ0v) is 15.4. The van der Waals surface area contributed by atoms with E-state index in [1.807, 2.05) is 0 Å². The monoisotopic (exact) mass is 305 g/mol. The Bertz CT molecular complexity index is 414. The van der Waals surface area contributed by atoms with Gasteiger partial charge in [-0.05, 0) is 36.1 Å². The molecule has 0 bridgehead atoms. The fourth-order valence-corrected chi connectivity index (χ4v) is 3.05. The van der Waals surface area contributed by atoms with Crippen LogP contribution in [0.4, 0.5) is 0 Å². The van der Waals surface area contributed by atoms with Gasteiger partial charge >= 0.3 is 0 Å². The van der Waals surface area contributed by atoms with Crippen molar-refractivity contribution in [3.63, 3.8) is 0 Å². The third-order valence-electron chi connectivity index (χ3n) is 4.62. The first kappa shape index (κ1) is 19.2. The molecule has 0 amide bonds. The van der Waals surface area contributed by atoms with Gasteiger partial charge in [0, 0.05) is 6.04 Å². The van der Waals surface area contributed by atoms with E-state index in [-0.39, 0.29) is 11.5 Å². The Balaban J connectivity index is 2.94. The Morgan fingerprint density at radius 1 is 1.00 bits per heavy atom. The van der Waals surface area contributed by atoms with Crippen LogP contribution in [0.15, 0.2) is 24.3 Å². The lowest BCUT2D eigenvalue weighted by atomic mass is 9.85. The molecule has 0 saturated carbocycles. The first-order valence-electron chi connectivity index (χ1n) is 8.87. The van der Waals surface area contributed by atoms with Gasteiger partial charge in [-0.2, -0.15) is 0 Å². The van der Waals surface area contributed by atoms with Crippen LogP contribution >= 0.6 is 0 Å². The molecule has 0 aliphatic carbocycles. The molecule has 0 aliphatic heterocycles. The molecule has 0 saturated heterocycles. The molecule has 1 rings (SSSR count). The lowest BCUT2D eigenvalue weighted by Crippen LogP contribution is -2.39. The number of likely N-dealkylation sites (N-methyl/N-ethyl adjacent to an activating group) is 1. The van der Waals surface area contributed by atoms with E-state index >= 15 is 0 Å². The van der Waals surface area contributed by atoms with Gasteiger partial charge < -0.3 is 5.11 Å². The molecule has 0 aromatic heterocycles. The van der Waals surface area contributed by atoms with Crippen LogP contribution in [0.3, 0.4) is 0 Å². The molecule has 1 aromatic rings. The zero-order valence-electron chi connectivity index (χ0n) is 15.4. The number of hydrogen-bond donors (Lipinski definition) is 1. The molecule has 0 radical (unpaired) electrons. The molecule has 2 heteroatoms. The predicted molar refractivity (Wildman–Crippen MR) is 96.3 cm³/mol. The number of aliphatic hydroxyl groups excluding tert-OH is 1. The van der Waals surface area contributed by atoms with Gasteiger partial charge in [0.15, 0.2) is 0 Å². The van der Waals surface area contributed by atoms with E-state index in [4.69, 9.17) is 0 Å². The van der Waals surface area contributed by atoms with Crippen molar-refractivity contribution in [2.24, 2.45) is 0 Å². The Morgan fingerprint density at radius 2 is 1.55 bits per heavy atom. The minimum absolute atomic E-state index is 0.157. The van der Waals surface area contributed by atoms with Gasteiger partial charge in [0.1, 0.15) is 0 Å². The maximum absolute atomic E-state index is 10.9. The SMILES string of the molecule is CCCCC(C(O)c1ccc(C(C)(C)C)cc1)N(CC)CC. The topological polar surface area (TPSA) is 23.5 Å². The Morgan fingerprint density at radius 3 is 1.95 bits per heavy atom. The molecular weight excluding hydrogens is 270 g/mol. The van der Waals surface area contributed by atoms with Crippen LogP contribution in [0.5, 0.6) is 0 Å². The van der Waals surface area contributed by atoms with Crippen LogP contribution in [0.2, 0.25) is 0 Å². The van der Waals surface area contributed by atoms with Crippen molar-refractivity contribution in [3.05, 3.63) is 35.4 Å². The van der Waals surface area contributed by atoms with Crippen molar-refractivity contribution < 1.29 is 5.11 Å². The molecule has 0 aliphatic rings. The average Bonchev–Trinajstić information content (AvgIpc) is 2.50. The summed E-state index contributed by atoms with van der Waals surface area (Å²) in [4.78, 5) is 2.39. The molecule has 1 N–H and O–H groups in total. The number of benzene rings is 1. The molecule has 2 nitrogen and oxygen atoms in total. The van der Waals surface area contributed by atoms with Crippen molar-refractivity contribution >= 4 is 0 Å². The lowest BCUT2D eigenvalue weighted by molar-refractivity contribution is 0.0473. The Hall–Kier alpha value is -0.860. The van der Waals surface area contributed by atoms with E-state index in [1.54, 1.807) is 0 Å². The highest BCUT2D eigenvalue weighted by Crippen LogP contribution is 2.28. The summed E-state index contributed by atoms with van der Waals surface area (Å²) in [5.41, 5.74) is 2.52. The maximum Gasteiger partial charge on any atom is 0.0945 e. The first-order chi connectivity index (χ1) is 10.3. The highest BCUT2D eigenvalue weighted by Gasteiger charge is 2.25. The summed E-state index contributed by atoms with van der Waals surface area (Å²) in [7, 11) is 0. The van der Waals surface area contributed by atoms with Crippen LogP contribution in [0, 0.1) is 0 Å². The zero-order chi connectivity index (χ0) is 16.8. The van der Waals surface area contributed by atoms with E-state index in [1.165, 1.54) is 12.0 Å². The third-order valence-corrected chi connectivity index (χ3v) is 4.62. The second-order valence-electron chi connectivity index (χ2n) is 7.25. The molecule has 0 heterocycles. The van der Waals surface area contributed by atoms with E-state index in [0.29, 0.717) is 0 Å². The minimum atomic E-state index is -0.402. The normalized spacial score (nSPS) is 15.1. The Labute approximate surface area is 137 Å². The van der Waals surface area contributed by atoms with Crippen LogP contribution in [-0.4, -0.2) is 29.1 Å². The fourth-order valence-electron chi connectivity index (χ4n) is 3.05. The van der Waals surface area contributed by atoms with Crippen LogP contribution in [0.1, 0.15) is 78.0 Å². The molecule has 126 valence electrons. The molecule has 2 atom stereocenters. The van der Waals surface area contributed by atoms with Gasteiger partial charge in [-0.15, -0.1) is 0 Å². The standard InChI is InChI=1S/C20H35NO/c1-7-10-11-18(21(8-2)9-3)19(22)16-12-14-17(15-13-16)20(4,5)6/h12-15,18-19,22H,7-11H2,1-6H3.